The Balaban J connectivity index is 4.26. The van der Waals surface area contributed by atoms with Crippen molar-refractivity contribution in [1.29, 1.82) is 0 Å². The van der Waals surface area contributed by atoms with Gasteiger partial charge in [-0.1, -0.05) is 11.6 Å². The van der Waals surface area contributed by atoms with Crippen LogP contribution in [0.5, 0.6) is 0 Å². The Kier molecular flexibility index (Phi) is 9.02. The maximum atomic E-state index is 5.60. The van der Waals surface area contributed by atoms with Gasteiger partial charge in [-0.15, -0.1) is 0 Å². The van der Waals surface area contributed by atoms with Crippen LogP contribution in [0.3, 0.4) is 0 Å². The number of allylic oxidation sites excluding steroid dienone is 3. The van der Waals surface area contributed by atoms with Crippen LogP contribution in [0.2, 0.25) is 0 Å². The summed E-state index contributed by atoms with van der Waals surface area (Å²) in [4.78, 5) is 0. The first-order valence-electron chi connectivity index (χ1n) is 6.14. The van der Waals surface area contributed by atoms with Crippen molar-refractivity contribution in [3.05, 3.63) is 23.0 Å². The van der Waals surface area contributed by atoms with Gasteiger partial charge in [-0.05, 0) is 53.0 Å². The molecule has 0 amide bonds. The van der Waals surface area contributed by atoms with E-state index in [1.807, 2.05) is 13.8 Å². The average Bonchev–Trinajstić information content (AvgIpc) is 2.23. The normalized spacial score (nSPS) is 12.1. The molecule has 0 N–H and O–H groups in total. The van der Waals surface area contributed by atoms with E-state index in [2.05, 4.69) is 26.8 Å². The molecule has 2 nitrogen and oxygen atoms in total. The minimum absolute atomic E-state index is 0.602. The van der Waals surface area contributed by atoms with E-state index in [0.717, 1.165) is 25.2 Å². The Morgan fingerprint density at radius 2 is 1.75 bits per heavy atom. The van der Waals surface area contributed by atoms with Gasteiger partial charge in [-0.2, -0.15) is 0 Å². The zero-order valence-corrected chi connectivity index (χ0v) is 11.4. The lowest BCUT2D eigenvalue weighted by atomic mass is 10.1. The largest absolute Gasteiger partial charge is 0.496 e. The van der Waals surface area contributed by atoms with Crippen LogP contribution in [-0.4, -0.2) is 19.8 Å². The highest BCUT2D eigenvalue weighted by atomic mass is 16.5. The first-order chi connectivity index (χ1) is 7.61. The number of ether oxygens (including phenoxy) is 2. The maximum absolute atomic E-state index is 5.60. The minimum atomic E-state index is 0.602. The molecule has 2 heteroatoms. The molecule has 0 saturated carbocycles. The molecule has 0 atom stereocenters. The van der Waals surface area contributed by atoms with E-state index in [4.69, 9.17) is 9.47 Å². The lowest BCUT2D eigenvalue weighted by Crippen LogP contribution is -2.05. The Labute approximate surface area is 100 Å². The Morgan fingerprint density at radius 3 is 2.25 bits per heavy atom. The summed E-state index contributed by atoms with van der Waals surface area (Å²) in [5, 5.41) is 0. The molecule has 0 saturated heterocycles. The van der Waals surface area contributed by atoms with E-state index >= 15 is 0 Å². The maximum Gasteiger partial charge on any atom is 0.121 e. The van der Waals surface area contributed by atoms with Crippen LogP contribution in [-0.2, 0) is 9.47 Å². The SMILES string of the molecule is CCOCC(OCC)=C(C)CCC=C(C)C. The Hall–Kier alpha value is -0.760. The molecule has 0 aliphatic rings. The molecule has 0 heterocycles. The molecule has 0 unspecified atom stereocenters. The van der Waals surface area contributed by atoms with Gasteiger partial charge in [-0.25, -0.2) is 0 Å². The van der Waals surface area contributed by atoms with E-state index in [1.54, 1.807) is 0 Å². The van der Waals surface area contributed by atoms with Crippen LogP contribution in [0, 0.1) is 0 Å². The fourth-order valence-corrected chi connectivity index (χ4v) is 1.37. The first-order valence-corrected chi connectivity index (χ1v) is 6.14. The third-order valence-corrected chi connectivity index (χ3v) is 2.30. The fraction of sp³-hybridized carbons (Fsp3) is 0.714. The predicted octanol–water partition coefficient (Wildman–Crippen LogP) is 4.08. The third kappa shape index (κ3) is 7.52. The Bertz CT molecular complexity index is 235. The highest BCUT2D eigenvalue weighted by Crippen LogP contribution is 2.13. The summed E-state index contributed by atoms with van der Waals surface area (Å²) < 4.78 is 11.0. The van der Waals surface area contributed by atoms with E-state index in [1.165, 1.54) is 11.1 Å². The second-order valence-electron chi connectivity index (χ2n) is 4.09. The van der Waals surface area contributed by atoms with Crippen molar-refractivity contribution in [2.75, 3.05) is 19.8 Å². The van der Waals surface area contributed by atoms with Crippen LogP contribution in [0.1, 0.15) is 47.5 Å². The monoisotopic (exact) mass is 226 g/mol. The van der Waals surface area contributed by atoms with Crippen LogP contribution in [0.4, 0.5) is 0 Å². The molecule has 16 heavy (non-hydrogen) atoms. The van der Waals surface area contributed by atoms with Gasteiger partial charge < -0.3 is 9.47 Å². The van der Waals surface area contributed by atoms with Crippen molar-refractivity contribution < 1.29 is 9.47 Å². The van der Waals surface area contributed by atoms with Gasteiger partial charge >= 0.3 is 0 Å². The summed E-state index contributed by atoms with van der Waals surface area (Å²) in [5.41, 5.74) is 2.67. The van der Waals surface area contributed by atoms with Gasteiger partial charge in [0, 0.05) is 6.61 Å². The van der Waals surface area contributed by atoms with Crippen LogP contribution in [0.25, 0.3) is 0 Å². The smallest absolute Gasteiger partial charge is 0.121 e. The quantitative estimate of drug-likeness (QED) is 0.458. The van der Waals surface area contributed by atoms with Crippen molar-refractivity contribution in [1.82, 2.24) is 0 Å². The summed E-state index contributed by atoms with van der Waals surface area (Å²) in [6, 6.07) is 0. The molecule has 0 bridgehead atoms. The number of hydrogen-bond donors (Lipinski definition) is 0. The van der Waals surface area contributed by atoms with Crippen molar-refractivity contribution in [2.45, 2.75) is 47.5 Å². The summed E-state index contributed by atoms with van der Waals surface area (Å²) in [5.74, 6) is 1.01. The van der Waals surface area contributed by atoms with Crippen LogP contribution in [0.15, 0.2) is 23.0 Å². The van der Waals surface area contributed by atoms with Crippen molar-refractivity contribution in [3.8, 4) is 0 Å². The van der Waals surface area contributed by atoms with Gasteiger partial charge in [0.15, 0.2) is 0 Å². The van der Waals surface area contributed by atoms with Gasteiger partial charge in [0.1, 0.15) is 12.4 Å². The molecule has 94 valence electrons. The van der Waals surface area contributed by atoms with E-state index in [9.17, 15) is 0 Å². The lowest BCUT2D eigenvalue weighted by Gasteiger charge is -2.12. The van der Waals surface area contributed by atoms with Gasteiger partial charge in [-0.3, -0.25) is 0 Å². The number of hydrogen-bond acceptors (Lipinski definition) is 2. The molecule has 0 aromatic heterocycles. The molecule has 0 aromatic rings. The Morgan fingerprint density at radius 1 is 1.06 bits per heavy atom. The molecule has 0 spiro atoms. The first kappa shape index (κ1) is 15.2. The standard InChI is InChI=1S/C14H26O2/c1-6-15-11-14(16-7-2)13(5)10-8-9-12(3)4/h9H,6-8,10-11H2,1-5H3. The summed E-state index contributed by atoms with van der Waals surface area (Å²) in [6.07, 6.45) is 4.39. The zero-order chi connectivity index (χ0) is 12.4. The van der Waals surface area contributed by atoms with E-state index in [-0.39, 0.29) is 0 Å². The average molecular weight is 226 g/mol. The van der Waals surface area contributed by atoms with Crippen molar-refractivity contribution in [3.63, 3.8) is 0 Å². The van der Waals surface area contributed by atoms with Crippen LogP contribution >= 0.6 is 0 Å². The number of rotatable bonds is 8. The lowest BCUT2D eigenvalue weighted by molar-refractivity contribution is 0.107. The van der Waals surface area contributed by atoms with Gasteiger partial charge in [0.05, 0.1) is 6.61 Å². The van der Waals surface area contributed by atoms with Gasteiger partial charge in [0.25, 0.3) is 0 Å². The molecule has 0 aromatic carbocycles. The molecule has 0 rings (SSSR count). The highest BCUT2D eigenvalue weighted by Gasteiger charge is 2.03. The summed E-state index contributed by atoms with van der Waals surface area (Å²) in [7, 11) is 0. The molecule has 0 radical (unpaired) electrons. The third-order valence-electron chi connectivity index (χ3n) is 2.30. The topological polar surface area (TPSA) is 18.5 Å². The van der Waals surface area contributed by atoms with Crippen molar-refractivity contribution >= 4 is 0 Å². The highest BCUT2D eigenvalue weighted by molar-refractivity contribution is 5.08. The van der Waals surface area contributed by atoms with E-state index in [0.29, 0.717) is 13.2 Å². The van der Waals surface area contributed by atoms with Crippen molar-refractivity contribution in [2.24, 2.45) is 0 Å². The minimum Gasteiger partial charge on any atom is -0.496 e. The molecule has 0 aliphatic heterocycles. The molecular formula is C14H26O2. The van der Waals surface area contributed by atoms with E-state index < -0.39 is 0 Å². The molecule has 0 fully saturated rings. The second kappa shape index (κ2) is 9.46. The van der Waals surface area contributed by atoms with Crippen LogP contribution < -0.4 is 0 Å². The van der Waals surface area contributed by atoms with Gasteiger partial charge in [0.2, 0.25) is 0 Å². The molecule has 0 aliphatic carbocycles. The fourth-order valence-electron chi connectivity index (χ4n) is 1.37. The summed E-state index contributed by atoms with van der Waals surface area (Å²) in [6.45, 7) is 12.4. The predicted molar refractivity (Wildman–Crippen MR) is 69.5 cm³/mol. The summed E-state index contributed by atoms with van der Waals surface area (Å²) >= 11 is 0. The molecular weight excluding hydrogens is 200 g/mol. The zero-order valence-electron chi connectivity index (χ0n) is 11.4. The second-order valence-corrected chi connectivity index (χ2v) is 4.09.